The molecule has 4 N–H and O–H groups in total. The third kappa shape index (κ3) is 38.1. The summed E-state index contributed by atoms with van der Waals surface area (Å²) in [5.74, 6) is -2.41. The number of nitrogens with one attached hydrogen (secondary N) is 1. The van der Waals surface area contributed by atoms with Gasteiger partial charge in [0.2, 0.25) is 5.91 Å². The number of allylic oxidation sites excluding steroid dienone is 10. The number of aliphatic hydroxyl groups excluding tert-OH is 1. The predicted molar refractivity (Wildman–Crippen MR) is 226 cm³/mol. The molecule has 0 aromatic heterocycles. The van der Waals surface area contributed by atoms with Crippen LogP contribution in [0.3, 0.4) is 0 Å². The van der Waals surface area contributed by atoms with Gasteiger partial charge in [0.15, 0.2) is 6.04 Å². The Morgan fingerprint density at radius 2 is 1.02 bits per heavy atom. The van der Waals surface area contributed by atoms with Crippen molar-refractivity contribution in [3.8, 4) is 0 Å². The molecule has 0 spiro atoms. The molecule has 322 valence electrons. The van der Waals surface area contributed by atoms with Crippen molar-refractivity contribution >= 4 is 25.7 Å². The lowest BCUT2D eigenvalue weighted by molar-refractivity contribution is -0.147. The number of phosphoric ester groups is 1. The lowest BCUT2D eigenvalue weighted by Crippen LogP contribution is -2.43. The summed E-state index contributed by atoms with van der Waals surface area (Å²) in [5.41, 5.74) is 0. The summed E-state index contributed by atoms with van der Waals surface area (Å²) < 4.78 is 26.8. The zero-order valence-corrected chi connectivity index (χ0v) is 35.6. The Bertz CT molecular complexity index is 1180. The molecule has 56 heavy (non-hydrogen) atoms. The SMILES string of the molecule is CCC/C=C\C/C=C\CCCCCCCC(=O)OCC(O)COP(=O)(O)OCC(NC(=O)CCCCCCCC/C=C\C/C=C\C/C=C\CCCCC)C(=O)O. The molecule has 0 saturated carbocycles. The van der Waals surface area contributed by atoms with Crippen LogP contribution in [0.25, 0.3) is 0 Å². The highest BCUT2D eigenvalue weighted by atomic mass is 31.2. The van der Waals surface area contributed by atoms with Crippen LogP contribution < -0.4 is 5.32 Å². The highest BCUT2D eigenvalue weighted by Gasteiger charge is 2.28. The van der Waals surface area contributed by atoms with E-state index in [-0.39, 0.29) is 12.8 Å². The number of carbonyl (C=O) groups is 3. The molecule has 0 rings (SSSR count). The topological polar surface area (TPSA) is 169 Å². The fourth-order valence-corrected chi connectivity index (χ4v) is 6.19. The van der Waals surface area contributed by atoms with E-state index in [1.807, 2.05) is 0 Å². The summed E-state index contributed by atoms with van der Waals surface area (Å²) in [4.78, 5) is 45.9. The summed E-state index contributed by atoms with van der Waals surface area (Å²) in [6.07, 6.45) is 43.8. The van der Waals surface area contributed by atoms with E-state index >= 15 is 0 Å². The number of aliphatic carboxylic acids is 1. The Hall–Kier alpha value is -2.82. The average molecular weight is 810 g/mol. The normalized spacial score (nSPS) is 14.4. The minimum absolute atomic E-state index is 0.127. The Labute approximate surface area is 338 Å². The molecule has 0 heterocycles. The van der Waals surface area contributed by atoms with Gasteiger partial charge in [-0.2, -0.15) is 0 Å². The van der Waals surface area contributed by atoms with Gasteiger partial charge < -0.3 is 25.2 Å². The smallest absolute Gasteiger partial charge is 0.472 e. The van der Waals surface area contributed by atoms with Crippen molar-refractivity contribution in [3.63, 3.8) is 0 Å². The van der Waals surface area contributed by atoms with E-state index in [0.717, 1.165) is 96.3 Å². The zero-order chi connectivity index (χ0) is 41.4. The van der Waals surface area contributed by atoms with E-state index in [1.165, 1.54) is 32.1 Å². The van der Waals surface area contributed by atoms with Crippen molar-refractivity contribution in [3.05, 3.63) is 60.8 Å². The van der Waals surface area contributed by atoms with Crippen molar-refractivity contribution in [2.75, 3.05) is 19.8 Å². The number of unbranched alkanes of at least 4 members (excludes halogenated alkanes) is 15. The summed E-state index contributed by atoms with van der Waals surface area (Å²) in [6, 6.07) is -1.56. The van der Waals surface area contributed by atoms with E-state index in [0.29, 0.717) is 12.8 Å². The molecule has 0 aliphatic rings. The molecule has 0 fully saturated rings. The number of esters is 1. The van der Waals surface area contributed by atoms with Crippen molar-refractivity contribution < 1.29 is 47.8 Å². The maximum atomic E-state index is 12.3. The van der Waals surface area contributed by atoms with Gasteiger partial charge >= 0.3 is 19.8 Å². The molecule has 0 bridgehead atoms. The molecular formula is C44H76NO10P. The molecule has 1 amide bonds. The third-order valence-corrected chi connectivity index (χ3v) is 9.71. The number of rotatable bonds is 39. The third-order valence-electron chi connectivity index (χ3n) is 8.76. The van der Waals surface area contributed by atoms with Crippen molar-refractivity contribution in [2.45, 2.75) is 180 Å². The van der Waals surface area contributed by atoms with Crippen LogP contribution in [0.4, 0.5) is 0 Å². The van der Waals surface area contributed by atoms with E-state index in [2.05, 4.69) is 79.9 Å². The number of carbonyl (C=O) groups excluding carboxylic acids is 2. The van der Waals surface area contributed by atoms with Gasteiger partial charge in [0.25, 0.3) is 0 Å². The molecule has 0 aliphatic carbocycles. The summed E-state index contributed by atoms with van der Waals surface area (Å²) >= 11 is 0. The molecule has 11 nitrogen and oxygen atoms in total. The van der Waals surface area contributed by atoms with Crippen molar-refractivity contribution in [2.24, 2.45) is 0 Å². The van der Waals surface area contributed by atoms with Crippen LogP contribution in [0.15, 0.2) is 60.8 Å². The number of ether oxygens (including phenoxy) is 1. The molecule has 3 unspecified atom stereocenters. The second kappa shape index (κ2) is 39.0. The number of hydrogen-bond acceptors (Lipinski definition) is 8. The van der Waals surface area contributed by atoms with Gasteiger partial charge in [0, 0.05) is 12.8 Å². The average Bonchev–Trinajstić information content (AvgIpc) is 3.17. The van der Waals surface area contributed by atoms with Gasteiger partial charge in [-0.15, -0.1) is 0 Å². The van der Waals surface area contributed by atoms with E-state index in [1.54, 1.807) is 0 Å². The molecule has 3 atom stereocenters. The molecule has 12 heteroatoms. The number of aliphatic hydroxyl groups is 1. The largest absolute Gasteiger partial charge is 0.480 e. The maximum absolute atomic E-state index is 12.3. The molecule has 0 saturated heterocycles. The standard InChI is InChI=1S/C44H76NO10P/c1-3-5-7-9-11-13-15-17-18-19-20-21-22-24-25-27-29-31-33-35-42(47)45-41(44(49)50)39-55-56(51,52)54-38-40(46)37-53-43(48)36-34-32-30-28-26-23-16-14-12-10-8-6-4-2/h8,10-11,13-14,16-18,20-21,40-41,46H,3-7,9,12,15,19,22-39H2,1-2H3,(H,45,47)(H,49,50)(H,51,52)/b10-8-,13-11-,16-14-,18-17-,21-20-. The molecule has 0 aromatic carbocycles. The number of hydrogen-bond donors (Lipinski definition) is 4. The first kappa shape index (κ1) is 53.2. The minimum atomic E-state index is -4.76. The fourth-order valence-electron chi connectivity index (χ4n) is 5.42. The van der Waals surface area contributed by atoms with Gasteiger partial charge in [-0.25, -0.2) is 9.36 Å². The Morgan fingerprint density at radius 1 is 0.571 bits per heavy atom. The van der Waals surface area contributed by atoms with Gasteiger partial charge in [0.05, 0.1) is 13.2 Å². The quantitative estimate of drug-likeness (QED) is 0.0203. The minimum Gasteiger partial charge on any atom is -0.480 e. The monoisotopic (exact) mass is 810 g/mol. The lowest BCUT2D eigenvalue weighted by atomic mass is 10.1. The first-order valence-electron chi connectivity index (χ1n) is 21.3. The number of amides is 1. The van der Waals surface area contributed by atoms with Crippen LogP contribution in [0.5, 0.6) is 0 Å². The Kier molecular flexibility index (Phi) is 37.1. The highest BCUT2D eigenvalue weighted by Crippen LogP contribution is 2.43. The number of phosphoric acid groups is 1. The van der Waals surface area contributed by atoms with E-state index < -0.39 is 57.6 Å². The second-order valence-corrected chi connectivity index (χ2v) is 15.6. The van der Waals surface area contributed by atoms with Crippen molar-refractivity contribution in [1.82, 2.24) is 5.32 Å². The van der Waals surface area contributed by atoms with Crippen molar-refractivity contribution in [1.29, 1.82) is 0 Å². The molecule has 0 aliphatic heterocycles. The van der Waals surface area contributed by atoms with Gasteiger partial charge in [-0.1, -0.05) is 139 Å². The second-order valence-electron chi connectivity index (χ2n) is 14.2. The van der Waals surface area contributed by atoms with Crippen LogP contribution in [0.1, 0.15) is 168 Å². The Morgan fingerprint density at radius 3 is 1.54 bits per heavy atom. The van der Waals surface area contributed by atoms with Gasteiger partial charge in [-0.3, -0.25) is 18.6 Å². The first-order valence-corrected chi connectivity index (χ1v) is 22.8. The van der Waals surface area contributed by atoms with E-state index in [9.17, 15) is 34.1 Å². The predicted octanol–water partition coefficient (Wildman–Crippen LogP) is 10.8. The summed E-state index contributed by atoms with van der Waals surface area (Å²) in [6.45, 7) is 2.46. The summed E-state index contributed by atoms with van der Waals surface area (Å²) in [7, 11) is -4.76. The van der Waals surface area contributed by atoms with Crippen LogP contribution in [-0.2, 0) is 32.7 Å². The Balaban J connectivity index is 3.97. The lowest BCUT2D eigenvalue weighted by Gasteiger charge is -2.18. The van der Waals surface area contributed by atoms with E-state index in [4.69, 9.17) is 13.8 Å². The molecule has 0 radical (unpaired) electrons. The first-order chi connectivity index (χ1) is 27.1. The summed E-state index contributed by atoms with van der Waals surface area (Å²) in [5, 5.41) is 21.8. The maximum Gasteiger partial charge on any atom is 0.472 e. The van der Waals surface area contributed by atoms with Crippen LogP contribution in [-0.4, -0.2) is 64.9 Å². The zero-order valence-electron chi connectivity index (χ0n) is 34.7. The fraction of sp³-hybridized carbons (Fsp3) is 0.705. The van der Waals surface area contributed by atoms with Gasteiger partial charge in [-0.05, 0) is 77.0 Å². The van der Waals surface area contributed by atoms with Crippen LogP contribution in [0, 0.1) is 0 Å². The molecular weight excluding hydrogens is 733 g/mol. The number of carboxylic acid groups (broad SMARTS) is 1. The number of carboxylic acids is 1. The molecule has 0 aromatic rings. The van der Waals surface area contributed by atoms with Gasteiger partial charge in [0.1, 0.15) is 12.7 Å². The van der Waals surface area contributed by atoms with Crippen LogP contribution in [0.2, 0.25) is 0 Å². The highest BCUT2D eigenvalue weighted by molar-refractivity contribution is 7.47. The van der Waals surface area contributed by atoms with Crippen LogP contribution >= 0.6 is 7.82 Å².